The molecule has 1 aliphatic rings. The van der Waals surface area contributed by atoms with Crippen molar-refractivity contribution in [3.63, 3.8) is 0 Å². The van der Waals surface area contributed by atoms with Gasteiger partial charge in [0.1, 0.15) is 0 Å². The van der Waals surface area contributed by atoms with E-state index in [2.05, 4.69) is 5.32 Å². The fourth-order valence-corrected chi connectivity index (χ4v) is 0.973. The lowest BCUT2D eigenvalue weighted by molar-refractivity contribution is -0.298. The summed E-state index contributed by atoms with van der Waals surface area (Å²) < 4.78 is 0. The maximum atomic E-state index is 10.4. The molecule has 4 nitrogen and oxygen atoms in total. The van der Waals surface area contributed by atoms with E-state index in [9.17, 15) is 9.90 Å². The molecule has 0 amide bonds. The fourth-order valence-electron chi connectivity index (χ4n) is 0.973. The van der Waals surface area contributed by atoms with Crippen LogP contribution in [-0.2, 0) is 4.79 Å². The smallest absolute Gasteiger partial charge is 0.0763 e. The van der Waals surface area contributed by atoms with Crippen molar-refractivity contribution < 1.29 is 15.0 Å². The molecule has 0 aliphatic carbocycles. The number of aliphatic carboxylic acids is 1. The quantitative estimate of drug-likeness (QED) is 0.528. The average molecular weight is 168 g/mol. The lowest BCUT2D eigenvalue weighted by Gasteiger charge is -2.28. The summed E-state index contributed by atoms with van der Waals surface area (Å²) >= 11 is 0. The van der Waals surface area contributed by atoms with Gasteiger partial charge in [0.15, 0.2) is 0 Å². The summed E-state index contributed by atoms with van der Waals surface area (Å²) in [6.07, 6.45) is 4.32. The third kappa shape index (κ3) is 1.65. The summed E-state index contributed by atoms with van der Waals surface area (Å²) in [4.78, 5) is 10.4. The highest BCUT2D eigenvalue weighted by Gasteiger charge is 2.21. The van der Waals surface area contributed by atoms with Crippen LogP contribution < -0.4 is 10.4 Å². The Balaban J connectivity index is 2.89. The molecule has 1 atom stereocenters. The van der Waals surface area contributed by atoms with Crippen molar-refractivity contribution in [2.24, 2.45) is 0 Å². The minimum absolute atomic E-state index is 0.0882. The summed E-state index contributed by atoms with van der Waals surface area (Å²) in [6, 6.07) is 0. The molecule has 2 N–H and O–H groups in total. The van der Waals surface area contributed by atoms with E-state index >= 15 is 0 Å². The molecule has 0 aromatic heterocycles. The van der Waals surface area contributed by atoms with Crippen LogP contribution in [0, 0.1) is 0 Å². The summed E-state index contributed by atoms with van der Waals surface area (Å²) in [6.45, 7) is 1.54. The van der Waals surface area contributed by atoms with Gasteiger partial charge in [-0.25, -0.2) is 0 Å². The van der Waals surface area contributed by atoms with Gasteiger partial charge in [0.05, 0.1) is 18.1 Å². The molecule has 12 heavy (non-hydrogen) atoms. The van der Waals surface area contributed by atoms with Gasteiger partial charge in [-0.15, -0.1) is 0 Å². The lowest BCUT2D eigenvalue weighted by atomic mass is 9.97. The summed E-state index contributed by atoms with van der Waals surface area (Å²) in [5, 5.41) is 22.1. The number of aliphatic hydroxyl groups is 1. The Morgan fingerprint density at radius 3 is 3.00 bits per heavy atom. The van der Waals surface area contributed by atoms with Crippen LogP contribution in [0.15, 0.2) is 23.9 Å². The van der Waals surface area contributed by atoms with Gasteiger partial charge in [0.25, 0.3) is 0 Å². The third-order valence-electron chi connectivity index (χ3n) is 1.71. The molecule has 66 valence electrons. The number of carbonyl (C=O) groups is 1. The van der Waals surface area contributed by atoms with Crippen LogP contribution in [0.5, 0.6) is 0 Å². The molecule has 1 aliphatic heterocycles. The predicted molar refractivity (Wildman–Crippen MR) is 40.9 cm³/mol. The zero-order valence-corrected chi connectivity index (χ0v) is 6.70. The van der Waals surface area contributed by atoms with Gasteiger partial charge < -0.3 is 20.3 Å². The zero-order valence-electron chi connectivity index (χ0n) is 6.70. The summed E-state index contributed by atoms with van der Waals surface area (Å²) in [5.74, 6) is -1.23. The minimum atomic E-state index is -1.23. The number of nitrogens with one attached hydrogen (secondary N) is 1. The Morgan fingerprint density at radius 2 is 2.50 bits per heavy atom. The van der Waals surface area contributed by atoms with E-state index in [-0.39, 0.29) is 12.2 Å². The minimum Gasteiger partial charge on any atom is -0.545 e. The van der Waals surface area contributed by atoms with Crippen LogP contribution in [-0.4, -0.2) is 23.2 Å². The highest BCUT2D eigenvalue weighted by atomic mass is 16.4. The number of carboxylic acid groups (broad SMARTS) is 1. The summed E-state index contributed by atoms with van der Waals surface area (Å²) in [7, 11) is 0. The molecule has 0 spiro atoms. The first-order valence-corrected chi connectivity index (χ1v) is 3.57. The SMILES string of the molecule is CC1(CO)C=C(C(=O)[O-])C=CN1. The molecule has 0 aromatic rings. The number of carbonyl (C=O) groups excluding carboxylic acids is 1. The zero-order chi connectivity index (χ0) is 9.19. The second kappa shape index (κ2) is 2.98. The molecule has 0 radical (unpaired) electrons. The standard InChI is InChI=1S/C8H11NO3/c1-8(5-10)4-6(7(11)12)2-3-9-8/h2-4,9-10H,5H2,1H3,(H,11,12)/p-1. The van der Waals surface area contributed by atoms with Gasteiger partial charge in [0, 0.05) is 0 Å². The molecule has 1 rings (SSSR count). The predicted octanol–water partition coefficient (Wildman–Crippen LogP) is -1.47. The van der Waals surface area contributed by atoms with Crippen molar-refractivity contribution in [1.29, 1.82) is 0 Å². The molecular formula is C8H10NO3-. The van der Waals surface area contributed by atoms with Gasteiger partial charge in [-0.3, -0.25) is 0 Å². The van der Waals surface area contributed by atoms with Gasteiger partial charge in [-0.05, 0) is 30.8 Å². The molecule has 0 saturated carbocycles. The van der Waals surface area contributed by atoms with E-state index < -0.39 is 11.5 Å². The van der Waals surface area contributed by atoms with Crippen molar-refractivity contribution in [2.45, 2.75) is 12.5 Å². The Kier molecular flexibility index (Phi) is 2.19. The number of aliphatic hydroxyl groups excluding tert-OH is 1. The molecule has 1 unspecified atom stereocenters. The molecule has 0 saturated heterocycles. The largest absolute Gasteiger partial charge is 0.545 e. The average Bonchev–Trinajstić information content (AvgIpc) is 2.05. The van der Waals surface area contributed by atoms with Crippen molar-refractivity contribution in [3.05, 3.63) is 23.9 Å². The number of hydrogen-bond donors (Lipinski definition) is 2. The van der Waals surface area contributed by atoms with Crippen molar-refractivity contribution in [3.8, 4) is 0 Å². The van der Waals surface area contributed by atoms with Gasteiger partial charge >= 0.3 is 0 Å². The van der Waals surface area contributed by atoms with Gasteiger partial charge in [0.2, 0.25) is 0 Å². The molecule has 1 heterocycles. The Morgan fingerprint density at radius 1 is 1.83 bits per heavy atom. The van der Waals surface area contributed by atoms with Gasteiger partial charge in [-0.1, -0.05) is 0 Å². The van der Waals surface area contributed by atoms with E-state index in [1.165, 1.54) is 18.4 Å². The molecule has 0 fully saturated rings. The van der Waals surface area contributed by atoms with Crippen LogP contribution in [0.1, 0.15) is 6.92 Å². The molecule has 0 bridgehead atoms. The number of carboxylic acids is 1. The van der Waals surface area contributed by atoms with Crippen molar-refractivity contribution >= 4 is 5.97 Å². The van der Waals surface area contributed by atoms with Crippen molar-refractivity contribution in [2.75, 3.05) is 6.61 Å². The van der Waals surface area contributed by atoms with Crippen LogP contribution in [0.3, 0.4) is 0 Å². The number of hydrogen-bond acceptors (Lipinski definition) is 4. The van der Waals surface area contributed by atoms with E-state index in [0.717, 1.165) is 0 Å². The summed E-state index contributed by atoms with van der Waals surface area (Å²) in [5.41, 5.74) is -0.602. The second-order valence-corrected chi connectivity index (χ2v) is 2.94. The third-order valence-corrected chi connectivity index (χ3v) is 1.71. The van der Waals surface area contributed by atoms with Crippen LogP contribution in [0.25, 0.3) is 0 Å². The lowest BCUT2D eigenvalue weighted by Crippen LogP contribution is -2.43. The topological polar surface area (TPSA) is 72.4 Å². The van der Waals surface area contributed by atoms with E-state index in [1.807, 2.05) is 0 Å². The number of rotatable bonds is 2. The maximum Gasteiger partial charge on any atom is 0.0763 e. The van der Waals surface area contributed by atoms with E-state index in [1.54, 1.807) is 6.92 Å². The van der Waals surface area contributed by atoms with Crippen LogP contribution >= 0.6 is 0 Å². The van der Waals surface area contributed by atoms with E-state index in [4.69, 9.17) is 5.11 Å². The maximum absolute atomic E-state index is 10.4. The molecule has 0 aromatic carbocycles. The fraction of sp³-hybridized carbons (Fsp3) is 0.375. The molecule has 4 heteroatoms. The van der Waals surface area contributed by atoms with Gasteiger partial charge in [-0.2, -0.15) is 0 Å². The Bertz CT molecular complexity index is 257. The highest BCUT2D eigenvalue weighted by molar-refractivity contribution is 5.88. The first kappa shape index (κ1) is 8.80. The Hall–Kier alpha value is -1.29. The highest BCUT2D eigenvalue weighted by Crippen LogP contribution is 2.13. The molecular weight excluding hydrogens is 158 g/mol. The van der Waals surface area contributed by atoms with Crippen LogP contribution in [0.4, 0.5) is 0 Å². The van der Waals surface area contributed by atoms with E-state index in [0.29, 0.717) is 0 Å². The first-order chi connectivity index (χ1) is 5.57. The Labute approximate surface area is 70.2 Å². The monoisotopic (exact) mass is 168 g/mol. The normalized spacial score (nSPS) is 27.7. The number of dihydropyridines is 1. The van der Waals surface area contributed by atoms with Crippen molar-refractivity contribution in [1.82, 2.24) is 5.32 Å². The second-order valence-electron chi connectivity index (χ2n) is 2.94. The first-order valence-electron chi connectivity index (χ1n) is 3.57. The van der Waals surface area contributed by atoms with Crippen LogP contribution in [0.2, 0.25) is 0 Å².